The van der Waals surface area contributed by atoms with Crippen molar-refractivity contribution in [2.75, 3.05) is 34.3 Å². The van der Waals surface area contributed by atoms with Crippen LogP contribution in [-0.2, 0) is 13.0 Å². The molecule has 1 heterocycles. The maximum Gasteiger partial charge on any atom is 0.122 e. The summed E-state index contributed by atoms with van der Waals surface area (Å²) in [5, 5.41) is 10.3. The molecule has 0 bridgehead atoms. The Bertz CT molecular complexity index is 502. The first-order valence-electron chi connectivity index (χ1n) is 7.88. The van der Waals surface area contributed by atoms with Crippen molar-refractivity contribution in [1.29, 1.82) is 0 Å². The molecule has 0 saturated carbocycles. The number of ether oxygens (including phenoxy) is 1. The van der Waals surface area contributed by atoms with Gasteiger partial charge >= 0.3 is 0 Å². The van der Waals surface area contributed by atoms with Crippen LogP contribution in [0.5, 0.6) is 5.75 Å². The molecule has 4 heteroatoms. The van der Waals surface area contributed by atoms with Gasteiger partial charge in [-0.2, -0.15) is 0 Å². The number of rotatable bonds is 6. The minimum Gasteiger partial charge on any atom is -0.496 e. The van der Waals surface area contributed by atoms with Crippen LogP contribution in [0.15, 0.2) is 30.9 Å². The topological polar surface area (TPSA) is 35.9 Å². The Labute approximate surface area is 134 Å². The highest BCUT2D eigenvalue weighted by atomic mass is 16.5. The number of hydrogen-bond acceptors (Lipinski definition) is 4. The molecule has 1 fully saturated rings. The molecule has 1 aromatic carbocycles. The number of β-amino-alcohol motifs (C(OH)–C–C–N with tert-alkyl or cyclic N) is 1. The number of hydrogen-bond donors (Lipinski definition) is 1. The van der Waals surface area contributed by atoms with Crippen molar-refractivity contribution in [3.8, 4) is 5.75 Å². The second-order valence-corrected chi connectivity index (χ2v) is 6.26. The Balaban J connectivity index is 2.02. The molecule has 1 saturated heterocycles. The van der Waals surface area contributed by atoms with Crippen LogP contribution >= 0.6 is 0 Å². The van der Waals surface area contributed by atoms with E-state index in [1.807, 2.05) is 26.2 Å². The highest BCUT2D eigenvalue weighted by Crippen LogP contribution is 2.23. The van der Waals surface area contributed by atoms with Gasteiger partial charge in [0.15, 0.2) is 0 Å². The maximum atomic E-state index is 10.3. The van der Waals surface area contributed by atoms with Crippen LogP contribution in [0.3, 0.4) is 0 Å². The molecule has 1 aliphatic rings. The minimum atomic E-state index is -0.283. The largest absolute Gasteiger partial charge is 0.496 e. The Morgan fingerprint density at radius 3 is 2.82 bits per heavy atom. The first kappa shape index (κ1) is 17.0. The highest BCUT2D eigenvalue weighted by Gasteiger charge is 2.28. The fraction of sp³-hybridized carbons (Fsp3) is 0.556. The third-order valence-electron chi connectivity index (χ3n) is 4.41. The van der Waals surface area contributed by atoms with Crippen LogP contribution in [-0.4, -0.2) is 61.3 Å². The number of piperidine rings is 1. The van der Waals surface area contributed by atoms with E-state index in [0.717, 1.165) is 38.2 Å². The van der Waals surface area contributed by atoms with E-state index in [0.29, 0.717) is 0 Å². The number of aliphatic hydroxyl groups is 1. The van der Waals surface area contributed by atoms with E-state index in [2.05, 4.69) is 28.5 Å². The lowest BCUT2D eigenvalue weighted by Gasteiger charge is -2.39. The Morgan fingerprint density at radius 2 is 2.23 bits per heavy atom. The van der Waals surface area contributed by atoms with Gasteiger partial charge in [0.25, 0.3) is 0 Å². The highest BCUT2D eigenvalue weighted by molar-refractivity contribution is 5.38. The summed E-state index contributed by atoms with van der Waals surface area (Å²) < 4.78 is 5.39. The third-order valence-corrected chi connectivity index (χ3v) is 4.41. The van der Waals surface area contributed by atoms with Crippen LogP contribution in [0.1, 0.15) is 17.5 Å². The molecule has 0 amide bonds. The standard InChI is InChI=1S/C18H28N2O2/c1-5-6-15-11-14(7-8-18(15)22-4)12-20-10-9-16(19(2)3)17(21)13-20/h5,7-8,11,16-17,21H,1,6,9-10,12-13H2,2-4H3/t16-,17-/m0/s1. The van der Waals surface area contributed by atoms with E-state index in [1.165, 1.54) is 11.1 Å². The summed E-state index contributed by atoms with van der Waals surface area (Å²) >= 11 is 0. The van der Waals surface area contributed by atoms with Crippen molar-refractivity contribution in [2.24, 2.45) is 0 Å². The van der Waals surface area contributed by atoms with Crippen LogP contribution in [0, 0.1) is 0 Å². The summed E-state index contributed by atoms with van der Waals surface area (Å²) in [6.45, 7) is 6.42. The molecule has 0 spiro atoms. The second-order valence-electron chi connectivity index (χ2n) is 6.26. The third kappa shape index (κ3) is 4.09. The minimum absolute atomic E-state index is 0.267. The Morgan fingerprint density at radius 1 is 1.45 bits per heavy atom. The number of nitrogens with zero attached hydrogens (tertiary/aromatic N) is 2. The van der Waals surface area contributed by atoms with Crippen molar-refractivity contribution >= 4 is 0 Å². The van der Waals surface area contributed by atoms with Crippen molar-refractivity contribution in [1.82, 2.24) is 9.80 Å². The van der Waals surface area contributed by atoms with Gasteiger partial charge in [0.1, 0.15) is 5.75 Å². The van der Waals surface area contributed by atoms with E-state index in [-0.39, 0.29) is 12.1 Å². The zero-order valence-corrected chi connectivity index (χ0v) is 14.0. The molecule has 2 atom stereocenters. The van der Waals surface area contributed by atoms with Crippen molar-refractivity contribution in [3.63, 3.8) is 0 Å². The zero-order chi connectivity index (χ0) is 16.1. The number of aliphatic hydroxyl groups excluding tert-OH is 1. The average Bonchev–Trinajstić information content (AvgIpc) is 2.47. The molecular formula is C18H28N2O2. The molecule has 0 aliphatic carbocycles. The van der Waals surface area contributed by atoms with Gasteiger partial charge in [0.2, 0.25) is 0 Å². The second kappa shape index (κ2) is 7.77. The van der Waals surface area contributed by atoms with Crippen molar-refractivity contribution in [3.05, 3.63) is 42.0 Å². The predicted molar refractivity (Wildman–Crippen MR) is 90.3 cm³/mol. The molecule has 122 valence electrons. The summed E-state index contributed by atoms with van der Waals surface area (Å²) in [5.74, 6) is 0.912. The Hall–Kier alpha value is -1.36. The molecule has 0 radical (unpaired) electrons. The van der Waals surface area contributed by atoms with Crippen molar-refractivity contribution in [2.45, 2.75) is 31.5 Å². The van der Waals surface area contributed by atoms with E-state index in [4.69, 9.17) is 4.74 Å². The lowest BCUT2D eigenvalue weighted by atomic mass is 9.99. The molecule has 4 nitrogen and oxygen atoms in total. The summed E-state index contributed by atoms with van der Waals surface area (Å²) in [4.78, 5) is 4.45. The number of likely N-dealkylation sites (tertiary alicyclic amines) is 1. The summed E-state index contributed by atoms with van der Waals surface area (Å²) in [5.41, 5.74) is 2.42. The van der Waals surface area contributed by atoms with E-state index in [9.17, 15) is 5.11 Å². The number of allylic oxidation sites excluding steroid dienone is 1. The van der Waals surface area contributed by atoms with Crippen LogP contribution in [0.25, 0.3) is 0 Å². The molecule has 2 rings (SSSR count). The molecule has 1 aromatic rings. The van der Waals surface area contributed by atoms with Crippen LogP contribution < -0.4 is 4.74 Å². The smallest absolute Gasteiger partial charge is 0.122 e. The first-order chi connectivity index (χ1) is 10.5. The van der Waals surface area contributed by atoms with Gasteiger partial charge in [-0.1, -0.05) is 18.2 Å². The molecule has 1 N–H and O–H groups in total. The maximum absolute atomic E-state index is 10.3. The molecular weight excluding hydrogens is 276 g/mol. The summed E-state index contributed by atoms with van der Waals surface area (Å²) in [7, 11) is 5.77. The summed E-state index contributed by atoms with van der Waals surface area (Å²) in [6.07, 6.45) is 3.43. The fourth-order valence-corrected chi connectivity index (χ4v) is 3.23. The molecule has 0 unspecified atom stereocenters. The average molecular weight is 304 g/mol. The molecule has 1 aliphatic heterocycles. The monoisotopic (exact) mass is 304 g/mol. The summed E-state index contributed by atoms with van der Waals surface area (Å²) in [6, 6.07) is 6.58. The van der Waals surface area contributed by atoms with Crippen LogP contribution in [0.4, 0.5) is 0 Å². The normalized spacial score (nSPS) is 22.8. The van der Waals surface area contributed by atoms with Gasteiger partial charge in [-0.15, -0.1) is 6.58 Å². The SMILES string of the molecule is C=CCc1cc(CN2CC[C@H](N(C)C)[C@@H](O)C2)ccc1OC. The van der Waals surface area contributed by atoms with Gasteiger partial charge < -0.3 is 14.7 Å². The van der Waals surface area contributed by atoms with Gasteiger partial charge in [-0.3, -0.25) is 4.90 Å². The van der Waals surface area contributed by atoms with E-state index >= 15 is 0 Å². The lowest BCUT2D eigenvalue weighted by Crippen LogP contribution is -2.51. The fourth-order valence-electron chi connectivity index (χ4n) is 3.23. The Kier molecular flexibility index (Phi) is 6.00. The van der Waals surface area contributed by atoms with Gasteiger partial charge in [-0.25, -0.2) is 0 Å². The predicted octanol–water partition coefficient (Wildman–Crippen LogP) is 1.92. The van der Waals surface area contributed by atoms with Crippen LogP contribution in [0.2, 0.25) is 0 Å². The number of likely N-dealkylation sites (N-methyl/N-ethyl adjacent to an activating group) is 1. The van der Waals surface area contributed by atoms with Crippen molar-refractivity contribution < 1.29 is 9.84 Å². The molecule has 22 heavy (non-hydrogen) atoms. The zero-order valence-electron chi connectivity index (χ0n) is 14.0. The molecule has 0 aromatic heterocycles. The lowest BCUT2D eigenvalue weighted by molar-refractivity contribution is 0.00156. The van der Waals surface area contributed by atoms with E-state index < -0.39 is 0 Å². The van der Waals surface area contributed by atoms with E-state index in [1.54, 1.807) is 7.11 Å². The van der Waals surface area contributed by atoms with Gasteiger partial charge in [0, 0.05) is 25.7 Å². The van der Waals surface area contributed by atoms with Gasteiger partial charge in [-0.05, 0) is 44.1 Å². The number of benzene rings is 1. The first-order valence-corrected chi connectivity index (χ1v) is 7.88. The quantitative estimate of drug-likeness (QED) is 0.815. The number of methoxy groups -OCH3 is 1. The van der Waals surface area contributed by atoms with Gasteiger partial charge in [0.05, 0.1) is 13.2 Å².